The van der Waals surface area contributed by atoms with Crippen LogP contribution in [0.4, 0.5) is 17.2 Å². The molecule has 1 saturated heterocycles. The van der Waals surface area contributed by atoms with E-state index in [0.717, 1.165) is 28.3 Å². The fraction of sp³-hybridized carbons (Fsp3) is 0.444. The maximum atomic E-state index is 13.6. The summed E-state index contributed by atoms with van der Waals surface area (Å²) in [5.41, 5.74) is 4.41. The van der Waals surface area contributed by atoms with Gasteiger partial charge in [-0.05, 0) is 56.2 Å². The first kappa shape index (κ1) is 24.7. The molecule has 4 rings (SSSR count). The number of nitrogens with zero attached hydrogens (tertiary/aromatic N) is 5. The third-order valence-electron chi connectivity index (χ3n) is 6.62. The average Bonchev–Trinajstić information content (AvgIpc) is 3.25. The van der Waals surface area contributed by atoms with E-state index in [0.29, 0.717) is 37.6 Å². The molecule has 1 N–H and O–H groups in total. The molecule has 0 saturated carbocycles. The van der Waals surface area contributed by atoms with Gasteiger partial charge in [0.25, 0.3) is 5.56 Å². The van der Waals surface area contributed by atoms with Gasteiger partial charge in [-0.3, -0.25) is 9.36 Å². The summed E-state index contributed by atoms with van der Waals surface area (Å²) in [6, 6.07) is 12.1. The minimum Gasteiger partial charge on any atom is -0.378 e. The summed E-state index contributed by atoms with van der Waals surface area (Å²) in [5.74, 6) is 1.60. The zero-order valence-corrected chi connectivity index (χ0v) is 21.6. The van der Waals surface area contributed by atoms with Crippen LogP contribution in [0.2, 0.25) is 0 Å². The van der Waals surface area contributed by atoms with Crippen LogP contribution in [-0.4, -0.2) is 60.5 Å². The molecule has 0 bridgehead atoms. The normalized spacial score (nSPS) is 17.6. The SMILES string of the molecule is CCOC1CN(c2ccccn2)CC1Nc1c(CC)nc(-c2ccc(N(C)C)cc2C)n(C)c1=O. The van der Waals surface area contributed by atoms with Crippen LogP contribution < -0.4 is 20.7 Å². The molecule has 35 heavy (non-hydrogen) atoms. The van der Waals surface area contributed by atoms with E-state index in [4.69, 9.17) is 9.72 Å². The predicted octanol–water partition coefficient (Wildman–Crippen LogP) is 3.48. The maximum Gasteiger partial charge on any atom is 0.277 e. The van der Waals surface area contributed by atoms with Gasteiger partial charge in [-0.1, -0.05) is 13.0 Å². The second kappa shape index (κ2) is 10.5. The number of pyridine rings is 1. The van der Waals surface area contributed by atoms with Gasteiger partial charge >= 0.3 is 0 Å². The number of rotatable bonds is 8. The van der Waals surface area contributed by atoms with Crippen LogP contribution in [0.1, 0.15) is 25.1 Å². The summed E-state index contributed by atoms with van der Waals surface area (Å²) in [4.78, 5) is 27.3. The predicted molar refractivity (Wildman–Crippen MR) is 143 cm³/mol. The molecule has 3 heterocycles. The second-order valence-corrected chi connectivity index (χ2v) is 9.21. The lowest BCUT2D eigenvalue weighted by Crippen LogP contribution is -2.38. The smallest absolute Gasteiger partial charge is 0.277 e. The standard InChI is InChI=1S/C27H36N6O2/c1-7-21-25(29-22-16-33(17-23(22)35-8-2)24-11-9-10-14-28-24)27(34)32(6)26(30-21)20-13-12-19(31(4)5)15-18(20)3/h9-15,22-23,29H,7-8,16-17H2,1-6H3. The lowest BCUT2D eigenvalue weighted by molar-refractivity contribution is 0.0719. The molecule has 0 amide bonds. The molecule has 8 nitrogen and oxygen atoms in total. The van der Waals surface area contributed by atoms with Crippen LogP contribution >= 0.6 is 0 Å². The largest absolute Gasteiger partial charge is 0.378 e. The summed E-state index contributed by atoms with van der Waals surface area (Å²) in [7, 11) is 5.83. The van der Waals surface area contributed by atoms with E-state index in [1.54, 1.807) is 17.8 Å². The molecule has 1 aliphatic rings. The van der Waals surface area contributed by atoms with Gasteiger partial charge in [0.05, 0.1) is 17.8 Å². The van der Waals surface area contributed by atoms with Gasteiger partial charge in [0.15, 0.2) is 0 Å². The molecule has 2 aromatic heterocycles. The minimum atomic E-state index is -0.0746. The van der Waals surface area contributed by atoms with Gasteiger partial charge in [-0.2, -0.15) is 0 Å². The molecule has 2 atom stereocenters. The van der Waals surface area contributed by atoms with Crippen molar-refractivity contribution < 1.29 is 4.74 Å². The summed E-state index contributed by atoms with van der Waals surface area (Å²) in [6.45, 7) is 8.11. The monoisotopic (exact) mass is 476 g/mol. The minimum absolute atomic E-state index is 0.0521. The Bertz CT molecular complexity index is 1220. The van der Waals surface area contributed by atoms with Crippen molar-refractivity contribution in [2.45, 2.75) is 39.3 Å². The van der Waals surface area contributed by atoms with Crippen molar-refractivity contribution in [3.05, 3.63) is 64.2 Å². The highest BCUT2D eigenvalue weighted by atomic mass is 16.5. The topological polar surface area (TPSA) is 75.5 Å². The van der Waals surface area contributed by atoms with E-state index in [1.165, 1.54) is 0 Å². The van der Waals surface area contributed by atoms with Crippen LogP contribution in [-0.2, 0) is 18.2 Å². The van der Waals surface area contributed by atoms with Crippen molar-refractivity contribution in [2.75, 3.05) is 48.9 Å². The highest BCUT2D eigenvalue weighted by Crippen LogP contribution is 2.27. The number of ether oxygens (including phenoxy) is 1. The third kappa shape index (κ3) is 5.03. The lowest BCUT2D eigenvalue weighted by Gasteiger charge is -2.23. The van der Waals surface area contributed by atoms with E-state index in [1.807, 2.05) is 52.2 Å². The zero-order valence-electron chi connectivity index (χ0n) is 21.6. The van der Waals surface area contributed by atoms with E-state index >= 15 is 0 Å². The number of anilines is 3. The van der Waals surface area contributed by atoms with Gasteiger partial charge in [-0.15, -0.1) is 0 Å². The number of benzene rings is 1. The Kier molecular flexibility index (Phi) is 7.40. The highest BCUT2D eigenvalue weighted by molar-refractivity contribution is 5.67. The number of hydrogen-bond acceptors (Lipinski definition) is 7. The first-order valence-corrected chi connectivity index (χ1v) is 12.3. The number of aromatic nitrogens is 3. The first-order chi connectivity index (χ1) is 16.8. The lowest BCUT2D eigenvalue weighted by atomic mass is 10.1. The average molecular weight is 477 g/mol. The van der Waals surface area contributed by atoms with E-state index in [9.17, 15) is 4.79 Å². The van der Waals surface area contributed by atoms with Gasteiger partial charge in [0.1, 0.15) is 17.3 Å². The Labute approximate surface area is 207 Å². The van der Waals surface area contributed by atoms with Crippen molar-refractivity contribution in [3.63, 3.8) is 0 Å². The second-order valence-electron chi connectivity index (χ2n) is 9.21. The number of aryl methyl sites for hydroxylation is 2. The fourth-order valence-electron chi connectivity index (χ4n) is 4.67. The molecular weight excluding hydrogens is 440 g/mol. The van der Waals surface area contributed by atoms with Gasteiger partial charge in [0.2, 0.25) is 0 Å². The third-order valence-corrected chi connectivity index (χ3v) is 6.62. The Balaban J connectivity index is 1.68. The molecule has 0 spiro atoms. The molecule has 3 aromatic rings. The summed E-state index contributed by atoms with van der Waals surface area (Å²) in [6.07, 6.45) is 2.39. The maximum absolute atomic E-state index is 13.6. The van der Waals surface area contributed by atoms with Crippen molar-refractivity contribution in [2.24, 2.45) is 7.05 Å². The molecule has 186 valence electrons. The van der Waals surface area contributed by atoms with E-state index in [-0.39, 0.29) is 17.7 Å². The van der Waals surface area contributed by atoms with Crippen molar-refractivity contribution >= 4 is 17.2 Å². The molecule has 2 unspecified atom stereocenters. The molecule has 0 radical (unpaired) electrons. The quantitative estimate of drug-likeness (QED) is 0.533. The Morgan fingerprint density at radius 2 is 1.97 bits per heavy atom. The fourth-order valence-corrected chi connectivity index (χ4v) is 4.67. The molecule has 8 heteroatoms. The molecular formula is C27H36N6O2. The molecule has 0 aliphatic carbocycles. The van der Waals surface area contributed by atoms with Crippen LogP contribution in [0.15, 0.2) is 47.4 Å². The number of hydrogen-bond donors (Lipinski definition) is 1. The zero-order chi connectivity index (χ0) is 25.1. The van der Waals surface area contributed by atoms with Crippen LogP contribution in [0.3, 0.4) is 0 Å². The first-order valence-electron chi connectivity index (χ1n) is 12.3. The Morgan fingerprint density at radius 1 is 1.17 bits per heavy atom. The highest BCUT2D eigenvalue weighted by Gasteiger charge is 2.35. The van der Waals surface area contributed by atoms with Gasteiger partial charge < -0.3 is 19.9 Å². The van der Waals surface area contributed by atoms with E-state index < -0.39 is 0 Å². The van der Waals surface area contributed by atoms with Crippen LogP contribution in [0.5, 0.6) is 0 Å². The Hall–Kier alpha value is -3.39. The van der Waals surface area contributed by atoms with Crippen LogP contribution in [0.25, 0.3) is 11.4 Å². The summed E-state index contributed by atoms with van der Waals surface area (Å²) < 4.78 is 7.71. The van der Waals surface area contributed by atoms with Gasteiger partial charge in [0, 0.05) is 58.3 Å². The van der Waals surface area contributed by atoms with Crippen LogP contribution in [0, 0.1) is 6.92 Å². The van der Waals surface area contributed by atoms with Crippen molar-refractivity contribution in [1.82, 2.24) is 14.5 Å². The van der Waals surface area contributed by atoms with E-state index in [2.05, 4.69) is 39.2 Å². The van der Waals surface area contributed by atoms with Crippen molar-refractivity contribution in [1.29, 1.82) is 0 Å². The van der Waals surface area contributed by atoms with Gasteiger partial charge in [-0.25, -0.2) is 9.97 Å². The summed E-state index contributed by atoms with van der Waals surface area (Å²) >= 11 is 0. The molecule has 1 fully saturated rings. The Morgan fingerprint density at radius 3 is 2.60 bits per heavy atom. The van der Waals surface area contributed by atoms with Crippen molar-refractivity contribution in [3.8, 4) is 11.4 Å². The molecule has 1 aliphatic heterocycles. The molecule has 1 aromatic carbocycles. The number of nitrogens with one attached hydrogen (secondary N) is 1. The summed E-state index contributed by atoms with van der Waals surface area (Å²) in [5, 5.41) is 3.52.